The van der Waals surface area contributed by atoms with Crippen LogP contribution in [-0.4, -0.2) is 41.2 Å². The molecule has 2 heterocycles. The van der Waals surface area contributed by atoms with Crippen LogP contribution in [-0.2, 0) is 16.0 Å². The third-order valence-electron chi connectivity index (χ3n) is 5.07. The third-order valence-corrected chi connectivity index (χ3v) is 6.63. The Morgan fingerprint density at radius 3 is 2.68 bits per heavy atom. The van der Waals surface area contributed by atoms with Crippen LogP contribution in [0.3, 0.4) is 0 Å². The Morgan fingerprint density at radius 1 is 1.21 bits per heavy atom. The minimum Gasteiger partial charge on any atom is -0.334 e. The number of fused-ring (bicyclic) bond motifs is 1. The highest BCUT2D eigenvalue weighted by atomic mass is 35.5. The molecule has 1 atom stereocenters. The summed E-state index contributed by atoms with van der Waals surface area (Å²) in [5, 5.41) is 3.16. The van der Waals surface area contributed by atoms with Crippen molar-refractivity contribution in [3.63, 3.8) is 0 Å². The summed E-state index contributed by atoms with van der Waals surface area (Å²) < 4.78 is 0. The molecule has 3 rings (SSSR count). The van der Waals surface area contributed by atoms with Crippen LogP contribution in [0.4, 0.5) is 0 Å². The number of hydrogen-bond donors (Lipinski definition) is 0. The van der Waals surface area contributed by atoms with Gasteiger partial charge in [0.1, 0.15) is 0 Å². The molecule has 0 radical (unpaired) electrons. The van der Waals surface area contributed by atoms with Gasteiger partial charge in [0.25, 0.3) is 0 Å². The second kappa shape index (κ2) is 9.29. The molecule has 0 N–H and O–H groups in total. The van der Waals surface area contributed by atoms with Crippen molar-refractivity contribution in [3.05, 3.63) is 55.7 Å². The predicted molar refractivity (Wildman–Crippen MR) is 115 cm³/mol. The number of thiophene rings is 1. The first-order chi connectivity index (χ1) is 13.5. The molecule has 0 spiro atoms. The van der Waals surface area contributed by atoms with E-state index < -0.39 is 0 Å². The molecule has 2 aromatic rings. The van der Waals surface area contributed by atoms with E-state index in [0.29, 0.717) is 29.6 Å². The van der Waals surface area contributed by atoms with E-state index in [1.165, 1.54) is 4.88 Å². The molecule has 1 aliphatic heterocycles. The lowest BCUT2D eigenvalue weighted by Crippen LogP contribution is -2.46. The molecule has 7 heteroatoms. The zero-order valence-corrected chi connectivity index (χ0v) is 18.4. The van der Waals surface area contributed by atoms with Crippen LogP contribution in [0, 0.1) is 0 Å². The normalized spacial score (nSPS) is 16.0. The molecule has 150 valence electrons. The predicted octanol–water partition coefficient (Wildman–Crippen LogP) is 5.18. The standard InChI is InChI=1S/C21H24Cl2N2O2S/c1-3-5-19(26)24(4-2)13-20(27)25-10-8-18-16(9-11-28-18)21(25)15-7-6-14(22)12-17(15)23/h6-7,9,11-12,21H,3-5,8,10,13H2,1-2H3. The Bertz CT molecular complexity index is 868. The van der Waals surface area contributed by atoms with Gasteiger partial charge in [-0.05, 0) is 54.5 Å². The van der Waals surface area contributed by atoms with Gasteiger partial charge in [-0.1, -0.05) is 36.2 Å². The molecule has 1 aromatic carbocycles. The summed E-state index contributed by atoms with van der Waals surface area (Å²) in [6, 6.07) is 7.21. The summed E-state index contributed by atoms with van der Waals surface area (Å²) in [5.74, 6) is -0.0353. The Morgan fingerprint density at radius 2 is 2.00 bits per heavy atom. The van der Waals surface area contributed by atoms with E-state index in [1.54, 1.807) is 28.4 Å². The van der Waals surface area contributed by atoms with Crippen LogP contribution >= 0.6 is 34.5 Å². The van der Waals surface area contributed by atoms with E-state index in [9.17, 15) is 9.59 Å². The summed E-state index contributed by atoms with van der Waals surface area (Å²) in [6.07, 6.45) is 2.05. The van der Waals surface area contributed by atoms with E-state index in [1.807, 2.05) is 24.8 Å². The molecule has 1 unspecified atom stereocenters. The van der Waals surface area contributed by atoms with Gasteiger partial charge in [0.05, 0.1) is 12.6 Å². The fourth-order valence-electron chi connectivity index (χ4n) is 3.65. The number of halogens is 2. The fraction of sp³-hybridized carbons (Fsp3) is 0.429. The number of carbonyl (C=O) groups is 2. The van der Waals surface area contributed by atoms with Crippen molar-refractivity contribution < 1.29 is 9.59 Å². The van der Waals surface area contributed by atoms with Gasteiger partial charge in [-0.25, -0.2) is 0 Å². The smallest absolute Gasteiger partial charge is 0.242 e. The van der Waals surface area contributed by atoms with Crippen molar-refractivity contribution >= 4 is 46.4 Å². The highest BCUT2D eigenvalue weighted by Crippen LogP contribution is 2.41. The van der Waals surface area contributed by atoms with E-state index >= 15 is 0 Å². The van der Waals surface area contributed by atoms with E-state index in [4.69, 9.17) is 23.2 Å². The summed E-state index contributed by atoms with van der Waals surface area (Å²) in [6.45, 7) is 5.09. The highest BCUT2D eigenvalue weighted by Gasteiger charge is 2.34. The lowest BCUT2D eigenvalue weighted by atomic mass is 9.93. The minimum atomic E-state index is -0.257. The highest BCUT2D eigenvalue weighted by molar-refractivity contribution is 7.10. The van der Waals surface area contributed by atoms with Gasteiger partial charge in [-0.15, -0.1) is 11.3 Å². The number of hydrogen-bond acceptors (Lipinski definition) is 3. The number of likely N-dealkylation sites (N-methyl/N-ethyl adjacent to an activating group) is 1. The van der Waals surface area contributed by atoms with Crippen LogP contribution in [0.15, 0.2) is 29.6 Å². The van der Waals surface area contributed by atoms with Crippen LogP contribution in [0.1, 0.15) is 48.7 Å². The maximum absolute atomic E-state index is 13.2. The summed E-state index contributed by atoms with van der Waals surface area (Å²) in [7, 11) is 0. The van der Waals surface area contributed by atoms with Crippen molar-refractivity contribution in [2.24, 2.45) is 0 Å². The Balaban J connectivity index is 1.92. The number of carbonyl (C=O) groups excluding carboxylic acids is 2. The van der Waals surface area contributed by atoms with Gasteiger partial charge in [-0.3, -0.25) is 9.59 Å². The quantitative estimate of drug-likeness (QED) is 0.623. The minimum absolute atomic E-state index is 0.0210. The molecule has 0 saturated carbocycles. The summed E-state index contributed by atoms with van der Waals surface area (Å²) >= 11 is 14.3. The number of rotatable bonds is 6. The molecule has 28 heavy (non-hydrogen) atoms. The average Bonchev–Trinajstić information content (AvgIpc) is 3.14. The van der Waals surface area contributed by atoms with Crippen molar-refractivity contribution in [1.82, 2.24) is 9.80 Å². The number of benzene rings is 1. The van der Waals surface area contributed by atoms with Gasteiger partial charge < -0.3 is 9.80 Å². The molecule has 0 fully saturated rings. The molecule has 1 aromatic heterocycles. The van der Waals surface area contributed by atoms with Gasteiger partial charge in [0.2, 0.25) is 11.8 Å². The Hall–Kier alpha value is -1.56. The first-order valence-corrected chi connectivity index (χ1v) is 11.2. The topological polar surface area (TPSA) is 40.6 Å². The van der Waals surface area contributed by atoms with Crippen molar-refractivity contribution in [3.8, 4) is 0 Å². The first-order valence-electron chi connectivity index (χ1n) is 9.54. The maximum Gasteiger partial charge on any atom is 0.242 e. The van der Waals surface area contributed by atoms with Gasteiger partial charge >= 0.3 is 0 Å². The molecule has 1 aliphatic rings. The average molecular weight is 439 g/mol. The molecule has 0 aliphatic carbocycles. The van der Waals surface area contributed by atoms with Crippen molar-refractivity contribution in [2.45, 2.75) is 39.2 Å². The molecular weight excluding hydrogens is 415 g/mol. The first kappa shape index (κ1) is 21.2. The van der Waals surface area contributed by atoms with Gasteiger partial charge in [0.15, 0.2) is 0 Å². The van der Waals surface area contributed by atoms with E-state index in [-0.39, 0.29) is 24.4 Å². The Kier molecular flexibility index (Phi) is 7.02. The molecule has 2 amide bonds. The molecule has 0 bridgehead atoms. The monoisotopic (exact) mass is 438 g/mol. The second-order valence-corrected chi connectivity index (χ2v) is 8.71. The summed E-state index contributed by atoms with van der Waals surface area (Å²) in [5.41, 5.74) is 1.97. The zero-order valence-electron chi connectivity index (χ0n) is 16.1. The van der Waals surface area contributed by atoms with E-state index in [0.717, 1.165) is 24.0 Å². The van der Waals surface area contributed by atoms with Crippen molar-refractivity contribution in [1.29, 1.82) is 0 Å². The lowest BCUT2D eigenvalue weighted by molar-refractivity contribution is -0.141. The van der Waals surface area contributed by atoms with Crippen LogP contribution in [0.25, 0.3) is 0 Å². The SMILES string of the molecule is CCCC(=O)N(CC)CC(=O)N1CCc2sccc2C1c1ccc(Cl)cc1Cl. The number of amides is 2. The third kappa shape index (κ3) is 4.37. The largest absolute Gasteiger partial charge is 0.334 e. The zero-order chi connectivity index (χ0) is 20.3. The van der Waals surface area contributed by atoms with E-state index in [2.05, 4.69) is 11.4 Å². The van der Waals surface area contributed by atoms with Gasteiger partial charge in [0, 0.05) is 34.4 Å². The molecular formula is C21H24Cl2N2O2S. The van der Waals surface area contributed by atoms with Gasteiger partial charge in [-0.2, -0.15) is 0 Å². The summed E-state index contributed by atoms with van der Waals surface area (Å²) in [4.78, 5) is 30.3. The fourth-order valence-corrected chi connectivity index (χ4v) is 5.06. The Labute approximate surface area is 180 Å². The van der Waals surface area contributed by atoms with Crippen LogP contribution in [0.2, 0.25) is 10.0 Å². The molecule has 4 nitrogen and oxygen atoms in total. The number of nitrogens with zero attached hydrogens (tertiary/aromatic N) is 2. The maximum atomic E-state index is 13.2. The van der Waals surface area contributed by atoms with Crippen LogP contribution in [0.5, 0.6) is 0 Å². The molecule has 0 saturated heterocycles. The lowest BCUT2D eigenvalue weighted by Gasteiger charge is -2.38. The van der Waals surface area contributed by atoms with Crippen LogP contribution < -0.4 is 0 Å². The second-order valence-electron chi connectivity index (χ2n) is 6.86. The van der Waals surface area contributed by atoms with Crippen molar-refractivity contribution in [2.75, 3.05) is 19.6 Å².